The van der Waals surface area contributed by atoms with Crippen molar-refractivity contribution in [2.75, 3.05) is 5.73 Å². The molecular weight excluding hydrogens is 295 g/mol. The molecule has 0 fully saturated rings. The van der Waals surface area contributed by atoms with Crippen LogP contribution in [0.4, 0.5) is 5.88 Å². The first-order chi connectivity index (χ1) is 9.66. The molecule has 2 N–H and O–H groups in total. The molecule has 2 aromatic carbocycles. The molecule has 3 rings (SSSR count). The number of aromatic nitrogens is 1. The topological polar surface area (TPSA) is 52.0 Å². The van der Waals surface area contributed by atoms with Gasteiger partial charge in [0.25, 0.3) is 0 Å². The molecule has 0 amide bonds. The Hall–Kier alpha value is -1.97. The number of anilines is 1. The van der Waals surface area contributed by atoms with Crippen LogP contribution in [-0.4, -0.2) is 5.16 Å². The number of hydrogen-bond donors (Lipinski definition) is 1. The standard InChI is InChI=1S/C15H10Cl2N2O/c16-10-6-7-11(12(17)8-10)13-14(19-20-15(13)18)9-4-2-1-3-5-9/h1-8H,18H2. The lowest BCUT2D eigenvalue weighted by Gasteiger charge is -2.05. The van der Waals surface area contributed by atoms with Crippen molar-refractivity contribution in [1.82, 2.24) is 5.16 Å². The predicted molar refractivity (Wildman–Crippen MR) is 81.8 cm³/mol. The highest BCUT2D eigenvalue weighted by Gasteiger charge is 2.19. The van der Waals surface area contributed by atoms with Crippen LogP contribution >= 0.6 is 23.2 Å². The first kappa shape index (κ1) is 13.0. The lowest BCUT2D eigenvalue weighted by molar-refractivity contribution is 0.439. The summed E-state index contributed by atoms with van der Waals surface area (Å²) in [6, 6.07) is 14.9. The summed E-state index contributed by atoms with van der Waals surface area (Å²) in [5.74, 6) is 0.230. The Balaban J connectivity index is 2.22. The van der Waals surface area contributed by atoms with E-state index in [4.69, 9.17) is 33.5 Å². The maximum Gasteiger partial charge on any atom is 0.230 e. The molecular formula is C15H10Cl2N2O. The molecule has 3 aromatic rings. The molecule has 1 heterocycles. The first-order valence-corrected chi connectivity index (χ1v) is 6.68. The Labute approximate surface area is 125 Å². The highest BCUT2D eigenvalue weighted by atomic mass is 35.5. The van der Waals surface area contributed by atoms with Crippen molar-refractivity contribution in [3.63, 3.8) is 0 Å². The van der Waals surface area contributed by atoms with Gasteiger partial charge in [0.2, 0.25) is 5.88 Å². The van der Waals surface area contributed by atoms with Crippen molar-refractivity contribution in [3.8, 4) is 22.4 Å². The zero-order chi connectivity index (χ0) is 14.1. The van der Waals surface area contributed by atoms with E-state index in [0.29, 0.717) is 21.3 Å². The molecule has 0 unspecified atom stereocenters. The fraction of sp³-hybridized carbons (Fsp3) is 0. The second-order valence-corrected chi connectivity index (χ2v) is 5.10. The van der Waals surface area contributed by atoms with Crippen LogP contribution in [0.3, 0.4) is 0 Å². The lowest BCUT2D eigenvalue weighted by Crippen LogP contribution is -1.88. The average Bonchev–Trinajstić information content (AvgIpc) is 2.82. The van der Waals surface area contributed by atoms with Gasteiger partial charge in [0.05, 0.1) is 10.6 Å². The third kappa shape index (κ3) is 2.26. The number of rotatable bonds is 2. The summed E-state index contributed by atoms with van der Waals surface area (Å²) in [6.45, 7) is 0. The van der Waals surface area contributed by atoms with E-state index in [1.807, 2.05) is 30.3 Å². The zero-order valence-corrected chi connectivity index (χ0v) is 11.8. The number of hydrogen-bond acceptors (Lipinski definition) is 3. The molecule has 0 aliphatic rings. The van der Waals surface area contributed by atoms with Crippen molar-refractivity contribution in [1.29, 1.82) is 0 Å². The van der Waals surface area contributed by atoms with Crippen molar-refractivity contribution in [2.45, 2.75) is 0 Å². The van der Waals surface area contributed by atoms with E-state index < -0.39 is 0 Å². The van der Waals surface area contributed by atoms with Crippen LogP contribution < -0.4 is 5.73 Å². The number of halogens is 2. The monoisotopic (exact) mass is 304 g/mol. The van der Waals surface area contributed by atoms with Gasteiger partial charge < -0.3 is 10.3 Å². The van der Waals surface area contributed by atoms with Crippen LogP contribution in [0, 0.1) is 0 Å². The van der Waals surface area contributed by atoms with Crippen LogP contribution in [0.1, 0.15) is 0 Å². The Morgan fingerprint density at radius 3 is 2.45 bits per heavy atom. The molecule has 0 aliphatic carbocycles. The lowest BCUT2D eigenvalue weighted by atomic mass is 10.0. The smallest absolute Gasteiger partial charge is 0.230 e. The molecule has 0 radical (unpaired) electrons. The van der Waals surface area contributed by atoms with E-state index in [-0.39, 0.29) is 5.88 Å². The third-order valence-electron chi connectivity index (χ3n) is 2.97. The molecule has 0 aliphatic heterocycles. The molecule has 0 saturated carbocycles. The van der Waals surface area contributed by atoms with Crippen molar-refractivity contribution in [2.24, 2.45) is 0 Å². The largest absolute Gasteiger partial charge is 0.367 e. The van der Waals surface area contributed by atoms with Gasteiger partial charge in [-0.05, 0) is 12.1 Å². The van der Waals surface area contributed by atoms with Crippen LogP contribution in [0.5, 0.6) is 0 Å². The Kier molecular flexibility index (Phi) is 3.38. The van der Waals surface area contributed by atoms with Crippen molar-refractivity contribution < 1.29 is 4.52 Å². The number of nitrogens with zero attached hydrogens (tertiary/aromatic N) is 1. The summed E-state index contributed by atoms with van der Waals surface area (Å²) in [6.07, 6.45) is 0. The van der Waals surface area contributed by atoms with Crippen LogP contribution in [0.15, 0.2) is 53.1 Å². The average molecular weight is 305 g/mol. The molecule has 100 valence electrons. The second kappa shape index (κ2) is 5.19. The van der Waals surface area contributed by atoms with E-state index in [2.05, 4.69) is 5.16 Å². The van der Waals surface area contributed by atoms with Gasteiger partial charge in [0, 0.05) is 16.1 Å². The molecule has 0 bridgehead atoms. The van der Waals surface area contributed by atoms with Crippen molar-refractivity contribution in [3.05, 3.63) is 58.6 Å². The summed E-state index contributed by atoms with van der Waals surface area (Å²) in [5, 5.41) is 5.10. The quantitative estimate of drug-likeness (QED) is 0.732. The van der Waals surface area contributed by atoms with Gasteiger partial charge in [-0.1, -0.05) is 64.8 Å². The fourth-order valence-electron chi connectivity index (χ4n) is 2.05. The second-order valence-electron chi connectivity index (χ2n) is 4.26. The Morgan fingerprint density at radius 1 is 1.00 bits per heavy atom. The third-order valence-corrected chi connectivity index (χ3v) is 3.51. The van der Waals surface area contributed by atoms with E-state index in [1.165, 1.54) is 0 Å². The first-order valence-electron chi connectivity index (χ1n) is 5.93. The summed E-state index contributed by atoms with van der Waals surface area (Å²) < 4.78 is 5.13. The molecule has 0 spiro atoms. The summed E-state index contributed by atoms with van der Waals surface area (Å²) in [5.41, 5.74) is 8.89. The van der Waals surface area contributed by atoms with Gasteiger partial charge in [-0.3, -0.25) is 0 Å². The molecule has 0 saturated heterocycles. The van der Waals surface area contributed by atoms with Gasteiger partial charge in [-0.15, -0.1) is 0 Å². The Bertz CT molecular complexity index is 754. The molecule has 1 aromatic heterocycles. The molecule has 3 nitrogen and oxygen atoms in total. The Morgan fingerprint density at radius 2 is 1.75 bits per heavy atom. The fourth-order valence-corrected chi connectivity index (χ4v) is 2.55. The van der Waals surface area contributed by atoms with Crippen LogP contribution in [0.2, 0.25) is 10.0 Å². The highest BCUT2D eigenvalue weighted by Crippen LogP contribution is 2.40. The molecule has 0 atom stereocenters. The number of benzene rings is 2. The van der Waals surface area contributed by atoms with Gasteiger partial charge in [0.1, 0.15) is 5.69 Å². The van der Waals surface area contributed by atoms with E-state index in [0.717, 1.165) is 11.1 Å². The summed E-state index contributed by atoms with van der Waals surface area (Å²) in [7, 11) is 0. The highest BCUT2D eigenvalue weighted by molar-refractivity contribution is 6.36. The molecule has 20 heavy (non-hydrogen) atoms. The van der Waals surface area contributed by atoms with Crippen LogP contribution in [-0.2, 0) is 0 Å². The predicted octanol–water partition coefficient (Wildman–Crippen LogP) is 4.90. The van der Waals surface area contributed by atoms with Crippen LogP contribution in [0.25, 0.3) is 22.4 Å². The number of nitrogen functional groups attached to an aromatic ring is 1. The normalized spacial score (nSPS) is 10.7. The maximum atomic E-state index is 6.24. The van der Waals surface area contributed by atoms with Crippen molar-refractivity contribution >= 4 is 29.1 Å². The minimum Gasteiger partial charge on any atom is -0.367 e. The van der Waals surface area contributed by atoms with E-state index in [9.17, 15) is 0 Å². The minimum absolute atomic E-state index is 0.230. The van der Waals surface area contributed by atoms with E-state index in [1.54, 1.807) is 18.2 Å². The minimum atomic E-state index is 0.230. The van der Waals surface area contributed by atoms with Gasteiger partial charge in [-0.25, -0.2) is 0 Å². The van der Waals surface area contributed by atoms with Gasteiger partial charge in [-0.2, -0.15) is 0 Å². The summed E-state index contributed by atoms with van der Waals surface area (Å²) >= 11 is 12.2. The molecule has 5 heteroatoms. The van der Waals surface area contributed by atoms with Gasteiger partial charge in [0.15, 0.2) is 0 Å². The van der Waals surface area contributed by atoms with Gasteiger partial charge >= 0.3 is 0 Å². The zero-order valence-electron chi connectivity index (χ0n) is 10.3. The number of nitrogens with two attached hydrogens (primary N) is 1. The SMILES string of the molecule is Nc1onc(-c2ccccc2)c1-c1ccc(Cl)cc1Cl. The van der Waals surface area contributed by atoms with E-state index >= 15 is 0 Å². The maximum absolute atomic E-state index is 6.24. The summed E-state index contributed by atoms with van der Waals surface area (Å²) in [4.78, 5) is 0.